The van der Waals surface area contributed by atoms with Crippen LogP contribution in [0.15, 0.2) is 11.6 Å². The summed E-state index contributed by atoms with van der Waals surface area (Å²) in [6, 6.07) is 0.0589. The summed E-state index contributed by atoms with van der Waals surface area (Å²) in [5, 5.41) is 11.4. The molecule has 0 aromatic carbocycles. The number of allylic oxidation sites excluding steroid dienone is 2. The molecule has 0 saturated carbocycles. The van der Waals surface area contributed by atoms with E-state index in [1.165, 1.54) is 5.57 Å². The lowest BCUT2D eigenvalue weighted by molar-refractivity contribution is -0.488. The van der Waals surface area contributed by atoms with Gasteiger partial charge in [0.15, 0.2) is 12.3 Å². The highest BCUT2D eigenvalue weighted by Crippen LogP contribution is 2.44. The van der Waals surface area contributed by atoms with E-state index in [2.05, 4.69) is 26.8 Å². The van der Waals surface area contributed by atoms with Crippen LogP contribution in [-0.4, -0.2) is 17.0 Å². The van der Waals surface area contributed by atoms with Gasteiger partial charge in [0.05, 0.1) is 0 Å². The van der Waals surface area contributed by atoms with Gasteiger partial charge in [-0.3, -0.25) is 0 Å². The van der Waals surface area contributed by atoms with Crippen LogP contribution >= 0.6 is 0 Å². The molecular weight excluding hydrogens is 186 g/mol. The van der Waals surface area contributed by atoms with E-state index in [1.54, 1.807) is 0 Å². The van der Waals surface area contributed by atoms with E-state index >= 15 is 0 Å². The summed E-state index contributed by atoms with van der Waals surface area (Å²) < 4.78 is 1.07. The van der Waals surface area contributed by atoms with Gasteiger partial charge in [0.2, 0.25) is 0 Å². The topological polar surface area (TPSA) is 26.1 Å². The molecule has 0 saturated heterocycles. The first-order chi connectivity index (χ1) is 6.85. The molecule has 86 valence electrons. The lowest BCUT2D eigenvalue weighted by Gasteiger charge is -2.28. The van der Waals surface area contributed by atoms with Crippen LogP contribution in [0.3, 0.4) is 0 Å². The Kier molecular flexibility index (Phi) is 3.58. The molecule has 1 atom stereocenters. The van der Waals surface area contributed by atoms with Gasteiger partial charge in [-0.15, -0.1) is 0 Å². The van der Waals surface area contributed by atoms with E-state index in [0.29, 0.717) is 5.92 Å². The molecule has 2 heteroatoms. The monoisotopic (exact) mass is 209 g/mol. The predicted molar refractivity (Wildman–Crippen MR) is 65.1 cm³/mol. The number of hydrogen-bond donors (Lipinski definition) is 0. The molecule has 0 aliphatic heterocycles. The molecule has 2 nitrogen and oxygen atoms in total. The first-order valence-electron chi connectivity index (χ1n) is 5.81. The fourth-order valence-electron chi connectivity index (χ4n) is 2.03. The Morgan fingerprint density at radius 3 is 2.60 bits per heavy atom. The van der Waals surface area contributed by atoms with Crippen molar-refractivity contribution >= 4 is 6.21 Å². The average Bonchev–Trinajstić information content (AvgIpc) is 2.39. The minimum absolute atomic E-state index is 0.0589. The minimum atomic E-state index is 0.0589. The van der Waals surface area contributed by atoms with Crippen molar-refractivity contribution in [2.24, 2.45) is 11.3 Å². The highest BCUT2D eigenvalue weighted by Gasteiger charge is 2.34. The summed E-state index contributed by atoms with van der Waals surface area (Å²) in [4.78, 5) is 0. The third kappa shape index (κ3) is 2.61. The fraction of sp³-hybridized carbons (Fsp3) is 0.769. The molecule has 1 unspecified atom stereocenters. The smallest absolute Gasteiger partial charge is 0.157 e. The van der Waals surface area contributed by atoms with E-state index in [4.69, 9.17) is 0 Å². The second kappa shape index (κ2) is 4.38. The Balaban J connectivity index is 2.60. The zero-order valence-electron chi connectivity index (χ0n) is 10.6. The number of hydroxylamine groups is 1. The molecule has 0 N–H and O–H groups in total. The zero-order valence-corrected chi connectivity index (χ0v) is 10.6. The summed E-state index contributed by atoms with van der Waals surface area (Å²) in [6.45, 7) is 10.6. The summed E-state index contributed by atoms with van der Waals surface area (Å²) >= 11 is 0. The molecule has 0 heterocycles. The molecule has 1 aliphatic carbocycles. The molecule has 15 heavy (non-hydrogen) atoms. The Morgan fingerprint density at radius 1 is 1.60 bits per heavy atom. The normalized spacial score (nSPS) is 25.9. The van der Waals surface area contributed by atoms with Crippen LogP contribution in [0.4, 0.5) is 0 Å². The van der Waals surface area contributed by atoms with Crippen LogP contribution in [0.25, 0.3) is 0 Å². The predicted octanol–water partition coefficient (Wildman–Crippen LogP) is 3.36. The number of hydrogen-bond acceptors (Lipinski definition) is 1. The zero-order chi connectivity index (χ0) is 11.6. The minimum Gasteiger partial charge on any atom is -0.624 e. The molecule has 0 spiro atoms. The Bertz CT molecular complexity index is 287. The van der Waals surface area contributed by atoms with Crippen LogP contribution < -0.4 is 0 Å². The van der Waals surface area contributed by atoms with E-state index in [1.807, 2.05) is 20.1 Å². The molecule has 0 radical (unpaired) electrons. The van der Waals surface area contributed by atoms with E-state index < -0.39 is 0 Å². The van der Waals surface area contributed by atoms with E-state index in [-0.39, 0.29) is 11.5 Å². The van der Waals surface area contributed by atoms with Crippen molar-refractivity contribution in [1.29, 1.82) is 0 Å². The van der Waals surface area contributed by atoms with Crippen LogP contribution in [0.1, 0.15) is 47.5 Å². The Morgan fingerprint density at radius 2 is 2.20 bits per heavy atom. The molecule has 1 rings (SSSR count). The largest absolute Gasteiger partial charge is 0.624 e. The van der Waals surface area contributed by atoms with E-state index in [9.17, 15) is 5.21 Å². The number of nitrogens with zero attached hydrogens (tertiary/aromatic N) is 1. The highest BCUT2D eigenvalue weighted by atomic mass is 16.5. The third-order valence-electron chi connectivity index (χ3n) is 3.82. The quantitative estimate of drug-likeness (QED) is 0.230. The standard InChI is InChI=1S/C13H23NO/c1-10(2)14(15)9-8-12-7-6-11(3)13(12,4)5/h6,9-10,12H,7-8H2,1-5H3. The van der Waals surface area contributed by atoms with Gasteiger partial charge in [-0.1, -0.05) is 25.5 Å². The van der Waals surface area contributed by atoms with Gasteiger partial charge in [-0.05, 0) is 38.5 Å². The molecule has 0 aromatic heterocycles. The summed E-state index contributed by atoms with van der Waals surface area (Å²) in [6.07, 6.45) is 6.12. The summed E-state index contributed by atoms with van der Waals surface area (Å²) in [5.41, 5.74) is 1.72. The lowest BCUT2D eigenvalue weighted by atomic mass is 9.76. The first-order valence-corrected chi connectivity index (χ1v) is 5.81. The first kappa shape index (κ1) is 12.3. The van der Waals surface area contributed by atoms with Crippen molar-refractivity contribution in [3.8, 4) is 0 Å². The van der Waals surface area contributed by atoms with Gasteiger partial charge in [0.25, 0.3) is 0 Å². The summed E-state index contributed by atoms with van der Waals surface area (Å²) in [7, 11) is 0. The van der Waals surface area contributed by atoms with E-state index in [0.717, 1.165) is 17.6 Å². The third-order valence-corrected chi connectivity index (χ3v) is 3.82. The van der Waals surface area contributed by atoms with Crippen LogP contribution in [0.5, 0.6) is 0 Å². The van der Waals surface area contributed by atoms with Crippen LogP contribution in [-0.2, 0) is 0 Å². The van der Waals surface area contributed by atoms with Gasteiger partial charge < -0.3 is 5.21 Å². The molecular formula is C13H23NO. The SMILES string of the molecule is CC1=CCC(CC=[N+]([O-])C(C)C)C1(C)C. The summed E-state index contributed by atoms with van der Waals surface area (Å²) in [5.74, 6) is 0.590. The lowest BCUT2D eigenvalue weighted by Crippen LogP contribution is -2.23. The molecule has 0 bridgehead atoms. The Hall–Kier alpha value is -0.790. The van der Waals surface area contributed by atoms with Crippen molar-refractivity contribution in [3.63, 3.8) is 0 Å². The molecule has 0 aromatic rings. The van der Waals surface area contributed by atoms with Gasteiger partial charge in [-0.25, -0.2) is 4.74 Å². The second-order valence-corrected chi connectivity index (χ2v) is 5.41. The maximum absolute atomic E-state index is 11.4. The molecule has 0 amide bonds. The highest BCUT2D eigenvalue weighted by molar-refractivity contribution is 5.52. The number of rotatable bonds is 3. The average molecular weight is 209 g/mol. The van der Waals surface area contributed by atoms with Crippen molar-refractivity contribution < 1.29 is 4.74 Å². The Labute approximate surface area is 93.3 Å². The van der Waals surface area contributed by atoms with Gasteiger partial charge in [-0.2, -0.15) is 0 Å². The van der Waals surface area contributed by atoms with Crippen molar-refractivity contribution in [1.82, 2.24) is 0 Å². The molecule has 0 fully saturated rings. The van der Waals surface area contributed by atoms with Gasteiger partial charge in [0, 0.05) is 6.42 Å². The van der Waals surface area contributed by atoms with Crippen molar-refractivity contribution in [2.45, 2.75) is 53.5 Å². The maximum atomic E-state index is 11.4. The molecule has 1 aliphatic rings. The van der Waals surface area contributed by atoms with Gasteiger partial charge >= 0.3 is 0 Å². The van der Waals surface area contributed by atoms with Gasteiger partial charge in [0.1, 0.15) is 0 Å². The van der Waals surface area contributed by atoms with Crippen LogP contribution in [0.2, 0.25) is 0 Å². The fourth-order valence-corrected chi connectivity index (χ4v) is 2.03. The maximum Gasteiger partial charge on any atom is 0.157 e. The second-order valence-electron chi connectivity index (χ2n) is 5.41. The van der Waals surface area contributed by atoms with Crippen LogP contribution in [0, 0.1) is 16.5 Å². The van der Waals surface area contributed by atoms with Crippen molar-refractivity contribution in [2.75, 3.05) is 0 Å². The van der Waals surface area contributed by atoms with Crippen molar-refractivity contribution in [3.05, 3.63) is 16.9 Å².